The van der Waals surface area contributed by atoms with Crippen molar-refractivity contribution in [1.29, 1.82) is 0 Å². The minimum absolute atomic E-state index is 0.0397. The first-order valence-corrected chi connectivity index (χ1v) is 6.16. The third-order valence-electron chi connectivity index (χ3n) is 3.52. The second kappa shape index (κ2) is 4.68. The summed E-state index contributed by atoms with van der Waals surface area (Å²) in [4.78, 5) is 7.64. The highest BCUT2D eigenvalue weighted by Crippen LogP contribution is 2.31. The molecule has 0 saturated carbocycles. The van der Waals surface area contributed by atoms with Gasteiger partial charge in [0, 0.05) is 5.56 Å². The lowest BCUT2D eigenvalue weighted by Gasteiger charge is -2.37. The summed E-state index contributed by atoms with van der Waals surface area (Å²) < 4.78 is 10.4. The van der Waals surface area contributed by atoms with Gasteiger partial charge in [0.1, 0.15) is 11.6 Å². The fraction of sp³-hybridized carbons (Fsp3) is 0.357. The Morgan fingerprint density at radius 1 is 1.47 bits per heavy atom. The summed E-state index contributed by atoms with van der Waals surface area (Å²) in [5.41, 5.74) is 1.55. The van der Waals surface area contributed by atoms with Gasteiger partial charge in [-0.05, 0) is 12.1 Å². The number of aromatic nitrogens is 2. The summed E-state index contributed by atoms with van der Waals surface area (Å²) in [7, 11) is 1.64. The largest absolute Gasteiger partial charge is 0.497 e. The number of aliphatic hydroxyl groups excluding tert-OH is 1. The zero-order chi connectivity index (χ0) is 13.3. The van der Waals surface area contributed by atoms with Gasteiger partial charge in [-0.3, -0.25) is 0 Å². The molecule has 1 aliphatic rings. The van der Waals surface area contributed by atoms with Gasteiger partial charge in [-0.15, -0.1) is 0 Å². The molecule has 0 spiro atoms. The van der Waals surface area contributed by atoms with Gasteiger partial charge in [-0.25, -0.2) is 4.98 Å². The number of benzene rings is 1. The van der Waals surface area contributed by atoms with Crippen LogP contribution in [-0.2, 0) is 10.2 Å². The van der Waals surface area contributed by atoms with Crippen LogP contribution in [0.3, 0.4) is 0 Å². The molecule has 2 aromatic rings. The summed E-state index contributed by atoms with van der Waals surface area (Å²) in [5.74, 6) is 1.58. The SMILES string of the molecule is COc1cccc(-c2cnc(C3(CO)COC3)[nH]2)c1. The lowest BCUT2D eigenvalue weighted by molar-refractivity contribution is -0.0880. The maximum Gasteiger partial charge on any atom is 0.119 e. The van der Waals surface area contributed by atoms with Gasteiger partial charge in [0.25, 0.3) is 0 Å². The fourth-order valence-electron chi connectivity index (χ4n) is 2.18. The molecule has 0 atom stereocenters. The Morgan fingerprint density at radius 2 is 2.32 bits per heavy atom. The molecule has 1 saturated heterocycles. The summed E-state index contributed by atoms with van der Waals surface area (Å²) in [6.45, 7) is 1.06. The molecular formula is C14H16N2O3. The second-order valence-electron chi connectivity index (χ2n) is 4.81. The molecule has 0 unspecified atom stereocenters. The van der Waals surface area contributed by atoms with Crippen molar-refractivity contribution in [3.05, 3.63) is 36.3 Å². The Labute approximate surface area is 111 Å². The molecule has 5 nitrogen and oxygen atoms in total. The molecule has 100 valence electrons. The van der Waals surface area contributed by atoms with Crippen molar-refractivity contribution in [2.24, 2.45) is 0 Å². The predicted molar refractivity (Wildman–Crippen MR) is 70.2 cm³/mol. The van der Waals surface area contributed by atoms with Gasteiger partial charge in [0.05, 0.1) is 44.2 Å². The second-order valence-corrected chi connectivity index (χ2v) is 4.81. The Morgan fingerprint density at radius 3 is 2.95 bits per heavy atom. The highest BCUT2D eigenvalue weighted by Gasteiger charge is 2.42. The average Bonchev–Trinajstić information content (AvgIpc) is 2.88. The molecule has 1 aromatic carbocycles. The molecule has 0 aliphatic carbocycles. The number of imidazole rings is 1. The van der Waals surface area contributed by atoms with Crippen LogP contribution in [0.25, 0.3) is 11.3 Å². The smallest absolute Gasteiger partial charge is 0.119 e. The number of rotatable bonds is 4. The van der Waals surface area contributed by atoms with Crippen LogP contribution < -0.4 is 4.74 Å². The van der Waals surface area contributed by atoms with E-state index in [1.54, 1.807) is 13.3 Å². The first-order chi connectivity index (χ1) is 9.27. The van der Waals surface area contributed by atoms with Crippen molar-refractivity contribution in [3.63, 3.8) is 0 Å². The molecule has 2 N–H and O–H groups in total. The normalized spacial score (nSPS) is 16.9. The molecule has 1 fully saturated rings. The van der Waals surface area contributed by atoms with E-state index in [9.17, 15) is 5.11 Å². The van der Waals surface area contributed by atoms with E-state index in [0.717, 1.165) is 22.8 Å². The zero-order valence-corrected chi connectivity index (χ0v) is 10.7. The predicted octanol–water partition coefficient (Wildman–Crippen LogP) is 1.35. The van der Waals surface area contributed by atoms with Crippen molar-refractivity contribution in [2.45, 2.75) is 5.41 Å². The number of hydrogen-bond acceptors (Lipinski definition) is 4. The first-order valence-electron chi connectivity index (χ1n) is 6.16. The van der Waals surface area contributed by atoms with Gasteiger partial charge in [-0.1, -0.05) is 12.1 Å². The Bertz CT molecular complexity index is 570. The molecule has 5 heteroatoms. The van der Waals surface area contributed by atoms with Gasteiger partial charge < -0.3 is 19.6 Å². The third kappa shape index (κ3) is 2.01. The van der Waals surface area contributed by atoms with Gasteiger partial charge in [0.15, 0.2) is 0 Å². The molecule has 3 rings (SSSR count). The van der Waals surface area contributed by atoms with E-state index in [1.807, 2.05) is 24.3 Å². The number of aliphatic hydroxyl groups is 1. The molecule has 0 amide bonds. The maximum absolute atomic E-state index is 9.49. The van der Waals surface area contributed by atoms with Crippen LogP contribution in [0, 0.1) is 0 Å². The molecule has 0 bridgehead atoms. The Balaban J connectivity index is 1.92. The van der Waals surface area contributed by atoms with Crippen LogP contribution in [0.2, 0.25) is 0 Å². The van der Waals surface area contributed by atoms with E-state index in [0.29, 0.717) is 13.2 Å². The van der Waals surface area contributed by atoms with Crippen LogP contribution in [0.15, 0.2) is 30.5 Å². The van der Waals surface area contributed by atoms with Crippen LogP contribution >= 0.6 is 0 Å². The number of methoxy groups -OCH3 is 1. The van der Waals surface area contributed by atoms with Crippen LogP contribution in [0.1, 0.15) is 5.82 Å². The van der Waals surface area contributed by atoms with Crippen molar-refractivity contribution in [3.8, 4) is 17.0 Å². The fourth-order valence-corrected chi connectivity index (χ4v) is 2.18. The summed E-state index contributed by atoms with van der Waals surface area (Å²) >= 11 is 0. The molecule has 1 aliphatic heterocycles. The van der Waals surface area contributed by atoms with Crippen LogP contribution in [-0.4, -0.2) is 42.0 Å². The van der Waals surface area contributed by atoms with E-state index in [1.165, 1.54) is 0 Å². The number of nitrogens with one attached hydrogen (secondary N) is 1. The monoisotopic (exact) mass is 260 g/mol. The van der Waals surface area contributed by atoms with Gasteiger partial charge in [0.2, 0.25) is 0 Å². The molecule has 0 radical (unpaired) electrons. The zero-order valence-electron chi connectivity index (χ0n) is 10.7. The maximum atomic E-state index is 9.49. The highest BCUT2D eigenvalue weighted by atomic mass is 16.5. The summed E-state index contributed by atoms with van der Waals surface area (Å²) in [5, 5.41) is 9.49. The van der Waals surface area contributed by atoms with E-state index in [2.05, 4.69) is 9.97 Å². The Hall–Kier alpha value is -1.85. The van der Waals surface area contributed by atoms with Crippen LogP contribution in [0.4, 0.5) is 0 Å². The standard InChI is InChI=1S/C14H16N2O3/c1-18-11-4-2-3-10(5-11)12-6-15-13(16-12)14(7-17)8-19-9-14/h2-6,17H,7-9H2,1H3,(H,15,16). The number of hydrogen-bond donors (Lipinski definition) is 2. The minimum Gasteiger partial charge on any atom is -0.497 e. The van der Waals surface area contributed by atoms with Crippen LogP contribution in [0.5, 0.6) is 5.75 Å². The lowest BCUT2D eigenvalue weighted by atomic mass is 9.86. The molecule has 1 aromatic heterocycles. The third-order valence-corrected chi connectivity index (χ3v) is 3.52. The van der Waals surface area contributed by atoms with Gasteiger partial charge in [-0.2, -0.15) is 0 Å². The van der Waals surface area contributed by atoms with E-state index < -0.39 is 0 Å². The van der Waals surface area contributed by atoms with E-state index in [-0.39, 0.29) is 12.0 Å². The molecule has 19 heavy (non-hydrogen) atoms. The summed E-state index contributed by atoms with van der Waals surface area (Å²) in [6.07, 6.45) is 1.78. The minimum atomic E-state index is -0.364. The van der Waals surface area contributed by atoms with E-state index >= 15 is 0 Å². The Kier molecular flexibility index (Phi) is 3.00. The van der Waals surface area contributed by atoms with Crippen molar-refractivity contribution in [1.82, 2.24) is 9.97 Å². The number of aromatic amines is 1. The summed E-state index contributed by atoms with van der Waals surface area (Å²) in [6, 6.07) is 7.77. The quantitative estimate of drug-likeness (QED) is 0.870. The van der Waals surface area contributed by atoms with Gasteiger partial charge >= 0.3 is 0 Å². The number of nitrogens with zero attached hydrogens (tertiary/aromatic N) is 1. The number of ether oxygens (including phenoxy) is 2. The van der Waals surface area contributed by atoms with Crippen molar-refractivity contribution in [2.75, 3.05) is 26.9 Å². The molecular weight excluding hydrogens is 244 g/mol. The number of H-pyrrole nitrogens is 1. The first kappa shape index (κ1) is 12.2. The van der Waals surface area contributed by atoms with Crippen molar-refractivity contribution >= 4 is 0 Å². The highest BCUT2D eigenvalue weighted by molar-refractivity contribution is 5.60. The topological polar surface area (TPSA) is 67.4 Å². The lowest BCUT2D eigenvalue weighted by Crippen LogP contribution is -2.50. The van der Waals surface area contributed by atoms with Crippen molar-refractivity contribution < 1.29 is 14.6 Å². The van der Waals surface area contributed by atoms with E-state index in [4.69, 9.17) is 9.47 Å². The average molecular weight is 260 g/mol. The molecule has 2 heterocycles.